The first-order valence-electron chi connectivity index (χ1n) is 9.27. The smallest absolute Gasteiger partial charge is 0.262 e. The SMILES string of the molecule is O=P(OC(c1ccccc1)c1ccccc1)(c1ccccc1)c1ccccc1. The Balaban J connectivity index is 1.85. The van der Waals surface area contributed by atoms with E-state index >= 15 is 0 Å². The van der Waals surface area contributed by atoms with Crippen LogP contribution in [0.1, 0.15) is 17.2 Å². The molecule has 4 aromatic carbocycles. The van der Waals surface area contributed by atoms with Crippen molar-refractivity contribution in [2.45, 2.75) is 6.10 Å². The van der Waals surface area contributed by atoms with Gasteiger partial charge in [0.05, 0.1) is 0 Å². The molecule has 2 nitrogen and oxygen atoms in total. The van der Waals surface area contributed by atoms with Gasteiger partial charge in [-0.15, -0.1) is 0 Å². The predicted molar refractivity (Wildman–Crippen MR) is 116 cm³/mol. The van der Waals surface area contributed by atoms with Crippen molar-refractivity contribution in [1.82, 2.24) is 0 Å². The third-order valence-electron chi connectivity index (χ3n) is 4.65. The van der Waals surface area contributed by atoms with Crippen LogP contribution in [0.3, 0.4) is 0 Å². The van der Waals surface area contributed by atoms with E-state index in [4.69, 9.17) is 4.52 Å². The van der Waals surface area contributed by atoms with Gasteiger partial charge in [0, 0.05) is 10.6 Å². The van der Waals surface area contributed by atoms with E-state index in [-0.39, 0.29) is 0 Å². The lowest BCUT2D eigenvalue weighted by atomic mass is 10.0. The molecule has 0 saturated carbocycles. The topological polar surface area (TPSA) is 26.3 Å². The molecule has 0 radical (unpaired) electrons. The Labute approximate surface area is 165 Å². The average molecular weight is 384 g/mol. The minimum atomic E-state index is -3.31. The Morgan fingerprint density at radius 3 is 1.18 bits per heavy atom. The second-order valence-electron chi connectivity index (χ2n) is 6.53. The van der Waals surface area contributed by atoms with Gasteiger partial charge in [0.2, 0.25) is 0 Å². The highest BCUT2D eigenvalue weighted by Crippen LogP contribution is 2.50. The summed E-state index contributed by atoms with van der Waals surface area (Å²) in [6.07, 6.45) is -0.436. The highest BCUT2D eigenvalue weighted by atomic mass is 31.2. The molecule has 3 heteroatoms. The summed E-state index contributed by atoms with van der Waals surface area (Å²) in [5.41, 5.74) is 1.95. The van der Waals surface area contributed by atoms with Gasteiger partial charge in [-0.05, 0) is 35.4 Å². The van der Waals surface area contributed by atoms with E-state index in [1.807, 2.05) is 121 Å². The van der Waals surface area contributed by atoms with Gasteiger partial charge in [0.15, 0.2) is 0 Å². The van der Waals surface area contributed by atoms with Gasteiger partial charge < -0.3 is 4.52 Å². The second-order valence-corrected chi connectivity index (χ2v) is 8.88. The number of rotatable bonds is 6. The summed E-state index contributed by atoms with van der Waals surface area (Å²) in [4.78, 5) is 0. The number of hydrogen-bond donors (Lipinski definition) is 0. The maximum atomic E-state index is 14.4. The molecule has 0 atom stereocenters. The first-order valence-corrected chi connectivity index (χ1v) is 10.9. The normalized spacial score (nSPS) is 11.5. The molecule has 0 unspecified atom stereocenters. The Morgan fingerprint density at radius 1 is 0.500 bits per heavy atom. The molecule has 0 amide bonds. The Hall–Kier alpha value is -2.93. The molecule has 4 rings (SSSR count). The average Bonchev–Trinajstić information content (AvgIpc) is 2.80. The lowest BCUT2D eigenvalue weighted by Gasteiger charge is -2.26. The van der Waals surface area contributed by atoms with Gasteiger partial charge in [0.25, 0.3) is 7.37 Å². The monoisotopic (exact) mass is 384 g/mol. The van der Waals surface area contributed by atoms with E-state index in [0.29, 0.717) is 10.6 Å². The zero-order valence-corrected chi connectivity index (χ0v) is 16.3. The van der Waals surface area contributed by atoms with Crippen LogP contribution in [0.15, 0.2) is 121 Å². The molecular weight excluding hydrogens is 363 g/mol. The van der Waals surface area contributed by atoms with Crippen LogP contribution in [0, 0.1) is 0 Å². The minimum absolute atomic E-state index is 0.436. The molecule has 0 N–H and O–H groups in total. The molecule has 0 aliphatic heterocycles. The second kappa shape index (κ2) is 8.39. The molecule has 0 bridgehead atoms. The maximum Gasteiger partial charge on any atom is 0.262 e. The van der Waals surface area contributed by atoms with Crippen LogP contribution in [0.5, 0.6) is 0 Å². The Bertz CT molecular complexity index is 966. The summed E-state index contributed by atoms with van der Waals surface area (Å²) >= 11 is 0. The van der Waals surface area contributed by atoms with Gasteiger partial charge >= 0.3 is 0 Å². The summed E-state index contributed by atoms with van der Waals surface area (Å²) in [5.74, 6) is 0. The number of hydrogen-bond acceptors (Lipinski definition) is 2. The molecule has 0 saturated heterocycles. The standard InChI is InChI=1S/C25H21O2P/c26-28(23-17-9-3-10-18-23,24-19-11-4-12-20-24)27-25(21-13-5-1-6-14-21)22-15-7-2-8-16-22/h1-20,25H. The van der Waals surface area contributed by atoms with Crippen LogP contribution in [0.4, 0.5) is 0 Å². The molecule has 0 aromatic heterocycles. The fourth-order valence-corrected chi connectivity index (χ4v) is 5.45. The predicted octanol–water partition coefficient (Wildman–Crippen LogP) is 5.72. The Kier molecular flexibility index (Phi) is 5.53. The van der Waals surface area contributed by atoms with Gasteiger partial charge in [-0.1, -0.05) is 97.1 Å². The molecule has 28 heavy (non-hydrogen) atoms. The van der Waals surface area contributed by atoms with Gasteiger partial charge in [-0.3, -0.25) is 4.57 Å². The van der Waals surface area contributed by atoms with Crippen molar-refractivity contribution in [3.05, 3.63) is 132 Å². The number of benzene rings is 4. The molecule has 0 aliphatic carbocycles. The van der Waals surface area contributed by atoms with E-state index in [1.54, 1.807) is 0 Å². The first kappa shape index (κ1) is 18.4. The third kappa shape index (κ3) is 3.84. The third-order valence-corrected chi connectivity index (χ3v) is 7.11. The van der Waals surface area contributed by atoms with Crippen LogP contribution >= 0.6 is 7.37 Å². The fourth-order valence-electron chi connectivity index (χ4n) is 3.24. The first-order chi connectivity index (χ1) is 13.8. The summed E-state index contributed by atoms with van der Waals surface area (Å²) in [5, 5.41) is 1.39. The van der Waals surface area contributed by atoms with Crippen molar-refractivity contribution < 1.29 is 9.09 Å². The molecular formula is C25H21O2P. The lowest BCUT2D eigenvalue weighted by molar-refractivity contribution is 0.259. The van der Waals surface area contributed by atoms with Crippen molar-refractivity contribution in [2.24, 2.45) is 0 Å². The quantitative estimate of drug-likeness (QED) is 0.397. The zero-order valence-electron chi connectivity index (χ0n) is 15.4. The van der Waals surface area contributed by atoms with Crippen molar-refractivity contribution >= 4 is 18.0 Å². The van der Waals surface area contributed by atoms with Crippen molar-refractivity contribution in [3.63, 3.8) is 0 Å². The Morgan fingerprint density at radius 2 is 0.821 bits per heavy atom. The van der Waals surface area contributed by atoms with Crippen LogP contribution in [0.25, 0.3) is 0 Å². The summed E-state index contributed by atoms with van der Waals surface area (Å²) in [6, 6.07) is 38.8. The molecule has 138 valence electrons. The van der Waals surface area contributed by atoms with Crippen molar-refractivity contribution in [3.8, 4) is 0 Å². The molecule has 0 aliphatic rings. The summed E-state index contributed by atoms with van der Waals surface area (Å²) in [6.45, 7) is 0. The molecule has 0 fully saturated rings. The highest BCUT2D eigenvalue weighted by Gasteiger charge is 2.33. The molecule has 0 spiro atoms. The van der Waals surface area contributed by atoms with Crippen LogP contribution in [-0.2, 0) is 9.09 Å². The fraction of sp³-hybridized carbons (Fsp3) is 0.0400. The van der Waals surface area contributed by atoms with Crippen LogP contribution in [-0.4, -0.2) is 0 Å². The molecule has 4 aromatic rings. The minimum Gasteiger partial charge on any atom is -0.309 e. The molecule has 0 heterocycles. The van der Waals surface area contributed by atoms with E-state index in [0.717, 1.165) is 11.1 Å². The van der Waals surface area contributed by atoms with E-state index in [1.165, 1.54) is 0 Å². The van der Waals surface area contributed by atoms with Crippen LogP contribution in [0.2, 0.25) is 0 Å². The van der Waals surface area contributed by atoms with Crippen LogP contribution < -0.4 is 10.6 Å². The van der Waals surface area contributed by atoms with Crippen molar-refractivity contribution in [1.29, 1.82) is 0 Å². The zero-order chi connectivity index (χ0) is 19.2. The summed E-state index contributed by atoms with van der Waals surface area (Å²) in [7, 11) is -3.31. The highest BCUT2D eigenvalue weighted by molar-refractivity contribution is 7.74. The van der Waals surface area contributed by atoms with E-state index in [9.17, 15) is 4.57 Å². The summed E-state index contributed by atoms with van der Waals surface area (Å²) < 4.78 is 20.9. The van der Waals surface area contributed by atoms with E-state index < -0.39 is 13.5 Å². The van der Waals surface area contributed by atoms with E-state index in [2.05, 4.69) is 0 Å². The van der Waals surface area contributed by atoms with Crippen molar-refractivity contribution in [2.75, 3.05) is 0 Å². The lowest BCUT2D eigenvalue weighted by Crippen LogP contribution is -2.20. The van der Waals surface area contributed by atoms with Gasteiger partial charge in [-0.2, -0.15) is 0 Å². The van der Waals surface area contributed by atoms with Gasteiger partial charge in [-0.25, -0.2) is 0 Å². The largest absolute Gasteiger partial charge is 0.309 e. The van der Waals surface area contributed by atoms with Gasteiger partial charge in [0.1, 0.15) is 6.10 Å². The maximum absolute atomic E-state index is 14.4.